The van der Waals surface area contributed by atoms with Gasteiger partial charge in [0.15, 0.2) is 0 Å². The molecule has 1 aromatic heterocycles. The fraction of sp³-hybridized carbons (Fsp3) is 0.207. The third kappa shape index (κ3) is 5.66. The summed E-state index contributed by atoms with van der Waals surface area (Å²) in [7, 11) is 1.54. The zero-order valence-corrected chi connectivity index (χ0v) is 20.9. The van der Waals surface area contributed by atoms with Gasteiger partial charge in [-0.05, 0) is 59.7 Å². The average molecular weight is 503 g/mol. The van der Waals surface area contributed by atoms with Crippen LogP contribution in [0.1, 0.15) is 45.6 Å². The van der Waals surface area contributed by atoms with Crippen LogP contribution in [-0.2, 0) is 17.6 Å². The SMILES string of the molecule is COc1cc(Cc2ncc(C(C)C(=O)O)c3ccccc23)ccc1C(=O)NCCc1ccc(Cl)cc1. The summed E-state index contributed by atoms with van der Waals surface area (Å²) >= 11 is 5.92. The van der Waals surface area contributed by atoms with E-state index in [1.165, 1.54) is 0 Å². The van der Waals surface area contributed by atoms with Crippen molar-refractivity contribution in [1.29, 1.82) is 0 Å². The molecule has 0 aliphatic rings. The quantitative estimate of drug-likeness (QED) is 0.309. The molecule has 1 heterocycles. The van der Waals surface area contributed by atoms with Gasteiger partial charge in [-0.15, -0.1) is 0 Å². The number of benzene rings is 3. The van der Waals surface area contributed by atoms with Crippen molar-refractivity contribution in [3.05, 3.63) is 106 Å². The van der Waals surface area contributed by atoms with Gasteiger partial charge in [0, 0.05) is 29.6 Å². The Morgan fingerprint density at radius 1 is 1.03 bits per heavy atom. The van der Waals surface area contributed by atoms with Crippen LogP contribution >= 0.6 is 11.6 Å². The molecule has 0 fully saturated rings. The van der Waals surface area contributed by atoms with Crippen LogP contribution in [0, 0.1) is 0 Å². The van der Waals surface area contributed by atoms with E-state index in [-0.39, 0.29) is 5.91 Å². The molecule has 0 bridgehead atoms. The number of ether oxygens (including phenoxy) is 1. The molecule has 4 aromatic rings. The minimum Gasteiger partial charge on any atom is -0.496 e. The Kier molecular flexibility index (Phi) is 7.86. The Morgan fingerprint density at radius 2 is 1.72 bits per heavy atom. The Labute approximate surface area is 214 Å². The molecule has 0 aliphatic heterocycles. The first-order valence-corrected chi connectivity index (χ1v) is 12.0. The number of carbonyl (C=O) groups is 2. The van der Waals surface area contributed by atoms with Gasteiger partial charge < -0.3 is 15.2 Å². The van der Waals surface area contributed by atoms with Gasteiger partial charge in [-0.25, -0.2) is 0 Å². The Balaban J connectivity index is 1.51. The normalized spacial score (nSPS) is 11.8. The zero-order valence-electron chi connectivity index (χ0n) is 20.1. The van der Waals surface area contributed by atoms with Crippen LogP contribution in [0.25, 0.3) is 10.8 Å². The first-order chi connectivity index (χ1) is 17.4. The van der Waals surface area contributed by atoms with Crippen LogP contribution in [0.5, 0.6) is 5.75 Å². The van der Waals surface area contributed by atoms with E-state index in [4.69, 9.17) is 16.3 Å². The van der Waals surface area contributed by atoms with Crippen LogP contribution < -0.4 is 10.1 Å². The van der Waals surface area contributed by atoms with E-state index in [0.717, 1.165) is 27.6 Å². The lowest BCUT2D eigenvalue weighted by atomic mass is 9.94. The molecular weight excluding hydrogens is 476 g/mol. The minimum absolute atomic E-state index is 0.206. The number of aliphatic carboxylic acids is 1. The molecule has 0 saturated carbocycles. The van der Waals surface area contributed by atoms with Gasteiger partial charge >= 0.3 is 5.97 Å². The minimum atomic E-state index is -0.888. The summed E-state index contributed by atoms with van der Waals surface area (Å²) in [6.45, 7) is 2.15. The smallest absolute Gasteiger partial charge is 0.310 e. The number of rotatable bonds is 9. The van der Waals surface area contributed by atoms with Gasteiger partial charge in [0.1, 0.15) is 5.75 Å². The van der Waals surface area contributed by atoms with Crippen molar-refractivity contribution < 1.29 is 19.4 Å². The second kappa shape index (κ2) is 11.2. The van der Waals surface area contributed by atoms with Gasteiger partial charge in [-0.2, -0.15) is 0 Å². The van der Waals surface area contributed by atoms with Crippen molar-refractivity contribution in [3.63, 3.8) is 0 Å². The molecule has 1 amide bonds. The molecule has 184 valence electrons. The number of halogens is 1. The molecule has 36 heavy (non-hydrogen) atoms. The first-order valence-electron chi connectivity index (χ1n) is 11.7. The summed E-state index contributed by atoms with van der Waals surface area (Å²) in [5, 5.41) is 14.9. The van der Waals surface area contributed by atoms with Crippen LogP contribution in [0.15, 0.2) is 72.9 Å². The Bertz CT molecular complexity index is 1400. The number of methoxy groups -OCH3 is 1. The summed E-state index contributed by atoms with van der Waals surface area (Å²) in [4.78, 5) is 28.9. The van der Waals surface area contributed by atoms with Crippen molar-refractivity contribution >= 4 is 34.2 Å². The molecule has 0 aliphatic carbocycles. The highest BCUT2D eigenvalue weighted by molar-refractivity contribution is 6.30. The lowest BCUT2D eigenvalue weighted by molar-refractivity contribution is -0.138. The zero-order chi connectivity index (χ0) is 25.7. The topological polar surface area (TPSA) is 88.5 Å². The fourth-order valence-electron chi connectivity index (χ4n) is 4.19. The van der Waals surface area contributed by atoms with Crippen molar-refractivity contribution in [2.75, 3.05) is 13.7 Å². The van der Waals surface area contributed by atoms with E-state index in [1.54, 1.807) is 26.3 Å². The number of hydrogen-bond donors (Lipinski definition) is 2. The van der Waals surface area contributed by atoms with Crippen molar-refractivity contribution in [2.24, 2.45) is 0 Å². The fourth-order valence-corrected chi connectivity index (χ4v) is 4.31. The summed E-state index contributed by atoms with van der Waals surface area (Å²) in [5.41, 5.74) is 3.99. The number of hydrogen-bond acceptors (Lipinski definition) is 4. The number of nitrogens with one attached hydrogen (secondary N) is 1. The number of nitrogens with zero attached hydrogens (tertiary/aromatic N) is 1. The highest BCUT2D eigenvalue weighted by atomic mass is 35.5. The molecule has 7 heteroatoms. The number of fused-ring (bicyclic) bond motifs is 1. The highest BCUT2D eigenvalue weighted by Gasteiger charge is 2.19. The van der Waals surface area contributed by atoms with Crippen molar-refractivity contribution in [2.45, 2.75) is 25.7 Å². The third-order valence-corrected chi connectivity index (χ3v) is 6.49. The molecule has 0 saturated heterocycles. The van der Waals surface area contributed by atoms with Crippen molar-refractivity contribution in [3.8, 4) is 5.75 Å². The second-order valence-corrected chi connectivity index (χ2v) is 9.05. The summed E-state index contributed by atoms with van der Waals surface area (Å²) in [5.74, 6) is -1.27. The van der Waals surface area contributed by atoms with Crippen LogP contribution in [-0.4, -0.2) is 35.6 Å². The maximum absolute atomic E-state index is 12.8. The first kappa shape index (κ1) is 25.2. The lowest BCUT2D eigenvalue weighted by Crippen LogP contribution is -2.26. The largest absolute Gasteiger partial charge is 0.496 e. The predicted octanol–water partition coefficient (Wildman–Crippen LogP) is 5.65. The van der Waals surface area contributed by atoms with Gasteiger partial charge in [0.25, 0.3) is 5.91 Å². The molecule has 1 atom stereocenters. The standard InChI is InChI=1S/C29H27ClN2O4/c1-18(29(34)35)25-17-32-26(23-6-4-3-5-22(23)25)15-20-9-12-24(27(16-20)36-2)28(33)31-14-13-19-7-10-21(30)11-8-19/h3-12,16-18H,13-15H2,1-2H3,(H,31,33)(H,34,35). The Morgan fingerprint density at radius 3 is 2.42 bits per heavy atom. The predicted molar refractivity (Wildman–Crippen MR) is 141 cm³/mol. The molecule has 1 unspecified atom stereocenters. The van der Waals surface area contributed by atoms with Crippen LogP contribution in [0.2, 0.25) is 5.02 Å². The summed E-state index contributed by atoms with van der Waals surface area (Å²) < 4.78 is 5.53. The maximum Gasteiger partial charge on any atom is 0.310 e. The number of carboxylic acids is 1. The molecule has 6 nitrogen and oxygen atoms in total. The molecule has 0 radical (unpaired) electrons. The summed E-state index contributed by atoms with van der Waals surface area (Å²) in [6, 6.07) is 20.7. The number of pyridine rings is 1. The van der Waals surface area contributed by atoms with E-state index < -0.39 is 11.9 Å². The number of amides is 1. The number of carboxylic acid groups (broad SMARTS) is 1. The Hall–Kier alpha value is -3.90. The van der Waals surface area contributed by atoms with Gasteiger partial charge in [0.05, 0.1) is 24.3 Å². The van der Waals surface area contributed by atoms with E-state index in [9.17, 15) is 14.7 Å². The number of carbonyl (C=O) groups excluding carboxylic acids is 1. The van der Waals surface area contributed by atoms with E-state index in [2.05, 4.69) is 10.3 Å². The number of aromatic nitrogens is 1. The second-order valence-electron chi connectivity index (χ2n) is 8.61. The maximum atomic E-state index is 12.8. The lowest BCUT2D eigenvalue weighted by Gasteiger charge is -2.14. The highest BCUT2D eigenvalue weighted by Crippen LogP contribution is 2.29. The third-order valence-electron chi connectivity index (χ3n) is 6.24. The molecule has 0 spiro atoms. The monoisotopic (exact) mass is 502 g/mol. The van der Waals surface area contributed by atoms with Crippen LogP contribution in [0.4, 0.5) is 0 Å². The summed E-state index contributed by atoms with van der Waals surface area (Å²) in [6.07, 6.45) is 2.85. The van der Waals surface area contributed by atoms with Gasteiger partial charge in [0.2, 0.25) is 0 Å². The van der Waals surface area contributed by atoms with E-state index >= 15 is 0 Å². The van der Waals surface area contributed by atoms with Crippen molar-refractivity contribution in [1.82, 2.24) is 10.3 Å². The average Bonchev–Trinajstić information content (AvgIpc) is 2.89. The van der Waals surface area contributed by atoms with E-state index in [1.807, 2.05) is 60.7 Å². The van der Waals surface area contributed by atoms with Gasteiger partial charge in [-0.1, -0.05) is 54.1 Å². The molecule has 4 rings (SSSR count). The van der Waals surface area contributed by atoms with Crippen LogP contribution in [0.3, 0.4) is 0 Å². The molecule has 3 aromatic carbocycles. The molecule has 2 N–H and O–H groups in total. The molecular formula is C29H27ClN2O4. The van der Waals surface area contributed by atoms with E-state index in [0.29, 0.717) is 41.3 Å². The van der Waals surface area contributed by atoms with Gasteiger partial charge in [-0.3, -0.25) is 14.6 Å².